The van der Waals surface area contributed by atoms with Crippen molar-refractivity contribution in [2.75, 3.05) is 7.11 Å². The molecule has 20 heavy (non-hydrogen) atoms. The minimum atomic E-state index is -0.395. The van der Waals surface area contributed by atoms with Gasteiger partial charge in [0.1, 0.15) is 5.56 Å². The Kier molecular flexibility index (Phi) is 4.55. The van der Waals surface area contributed by atoms with Crippen LogP contribution >= 0.6 is 0 Å². The van der Waals surface area contributed by atoms with Gasteiger partial charge in [-0.2, -0.15) is 0 Å². The Bertz CT molecular complexity index is 544. The van der Waals surface area contributed by atoms with Gasteiger partial charge in [0.15, 0.2) is 0 Å². The number of carbonyl (C=O) groups excluding carboxylic acids is 2. The number of hydrogen-bond acceptors (Lipinski definition) is 4. The molecule has 0 unspecified atom stereocenters. The first-order valence-corrected chi connectivity index (χ1v) is 6.68. The molecular weight excluding hydrogens is 260 g/mol. The molecule has 0 atom stereocenters. The second-order valence-corrected chi connectivity index (χ2v) is 4.96. The van der Waals surface area contributed by atoms with Crippen LogP contribution in [0, 0.1) is 5.92 Å². The molecule has 2 N–H and O–H groups in total. The van der Waals surface area contributed by atoms with Crippen LogP contribution in [0.4, 0.5) is 0 Å². The van der Waals surface area contributed by atoms with Crippen molar-refractivity contribution in [3.8, 4) is 0 Å². The lowest BCUT2D eigenvalue weighted by Gasteiger charge is -2.27. The smallest absolute Gasteiger partial charge is 0.308 e. The van der Waals surface area contributed by atoms with E-state index in [0.29, 0.717) is 12.8 Å². The summed E-state index contributed by atoms with van der Waals surface area (Å²) in [5, 5.41) is 2.84. The Morgan fingerprint density at radius 1 is 1.30 bits per heavy atom. The van der Waals surface area contributed by atoms with Gasteiger partial charge in [-0.1, -0.05) is 0 Å². The van der Waals surface area contributed by atoms with Crippen molar-refractivity contribution in [3.05, 3.63) is 34.2 Å². The number of carbonyl (C=O) groups is 2. The van der Waals surface area contributed by atoms with Crippen LogP contribution in [0.1, 0.15) is 36.0 Å². The maximum atomic E-state index is 12.0. The highest BCUT2D eigenvalue weighted by molar-refractivity contribution is 5.93. The summed E-state index contributed by atoms with van der Waals surface area (Å²) < 4.78 is 4.72. The molecule has 6 nitrogen and oxygen atoms in total. The third-order valence-corrected chi connectivity index (χ3v) is 3.66. The zero-order valence-corrected chi connectivity index (χ0v) is 11.3. The lowest BCUT2D eigenvalue weighted by Crippen LogP contribution is -2.40. The molecule has 0 aromatic carbocycles. The topological polar surface area (TPSA) is 88.3 Å². The van der Waals surface area contributed by atoms with Crippen molar-refractivity contribution in [1.82, 2.24) is 10.3 Å². The molecule has 1 aromatic rings. The molecule has 0 radical (unpaired) electrons. The van der Waals surface area contributed by atoms with Gasteiger partial charge < -0.3 is 15.0 Å². The summed E-state index contributed by atoms with van der Waals surface area (Å²) in [4.78, 5) is 37.4. The highest BCUT2D eigenvalue weighted by Crippen LogP contribution is 2.25. The largest absolute Gasteiger partial charge is 0.469 e. The van der Waals surface area contributed by atoms with Crippen molar-refractivity contribution in [2.24, 2.45) is 5.92 Å². The average Bonchev–Trinajstić information content (AvgIpc) is 2.47. The van der Waals surface area contributed by atoms with Crippen LogP contribution < -0.4 is 10.9 Å². The number of aromatic amines is 1. The van der Waals surface area contributed by atoms with E-state index in [2.05, 4.69) is 10.3 Å². The Labute approximate surface area is 116 Å². The fourth-order valence-corrected chi connectivity index (χ4v) is 2.50. The molecule has 1 aliphatic rings. The number of esters is 1. The lowest BCUT2D eigenvalue weighted by atomic mass is 9.86. The number of ether oxygens (including phenoxy) is 1. The van der Waals surface area contributed by atoms with Gasteiger partial charge >= 0.3 is 5.97 Å². The quantitative estimate of drug-likeness (QED) is 0.802. The maximum Gasteiger partial charge on any atom is 0.308 e. The second-order valence-electron chi connectivity index (χ2n) is 4.96. The van der Waals surface area contributed by atoms with Gasteiger partial charge in [0.25, 0.3) is 11.5 Å². The Hall–Kier alpha value is -2.11. The Morgan fingerprint density at radius 2 is 2.00 bits per heavy atom. The van der Waals surface area contributed by atoms with E-state index < -0.39 is 5.56 Å². The molecule has 0 bridgehead atoms. The van der Waals surface area contributed by atoms with Gasteiger partial charge in [0.05, 0.1) is 13.0 Å². The SMILES string of the molecule is COC(=O)C1CCC(NC(=O)c2ccc[nH]c2=O)CC1. The van der Waals surface area contributed by atoms with E-state index in [9.17, 15) is 14.4 Å². The average molecular weight is 278 g/mol. The number of methoxy groups -OCH3 is 1. The summed E-state index contributed by atoms with van der Waals surface area (Å²) >= 11 is 0. The normalized spacial score (nSPS) is 22.1. The van der Waals surface area contributed by atoms with Crippen LogP contribution in [0.5, 0.6) is 0 Å². The summed E-state index contributed by atoms with van der Waals surface area (Å²) in [5.74, 6) is -0.629. The predicted octanol–water partition coefficient (Wildman–Crippen LogP) is 0.836. The molecule has 1 fully saturated rings. The van der Waals surface area contributed by atoms with Gasteiger partial charge in [-0.3, -0.25) is 14.4 Å². The summed E-state index contributed by atoms with van der Waals surface area (Å²) in [6.45, 7) is 0. The number of H-pyrrole nitrogens is 1. The highest BCUT2D eigenvalue weighted by Gasteiger charge is 2.28. The van der Waals surface area contributed by atoms with E-state index in [1.165, 1.54) is 19.4 Å². The van der Waals surface area contributed by atoms with E-state index in [-0.39, 0.29) is 29.4 Å². The van der Waals surface area contributed by atoms with Crippen LogP contribution in [-0.4, -0.2) is 30.0 Å². The molecule has 0 spiro atoms. The highest BCUT2D eigenvalue weighted by atomic mass is 16.5. The van der Waals surface area contributed by atoms with Crippen molar-refractivity contribution in [2.45, 2.75) is 31.7 Å². The van der Waals surface area contributed by atoms with Crippen molar-refractivity contribution < 1.29 is 14.3 Å². The molecule has 0 aliphatic heterocycles. The monoisotopic (exact) mass is 278 g/mol. The first-order chi connectivity index (χ1) is 9.61. The predicted molar refractivity (Wildman–Crippen MR) is 72.3 cm³/mol. The van der Waals surface area contributed by atoms with E-state index in [1.54, 1.807) is 6.07 Å². The van der Waals surface area contributed by atoms with Crippen LogP contribution in [0.3, 0.4) is 0 Å². The Morgan fingerprint density at radius 3 is 2.60 bits per heavy atom. The number of rotatable bonds is 3. The number of pyridine rings is 1. The molecule has 1 aromatic heterocycles. The number of amides is 1. The van der Waals surface area contributed by atoms with E-state index >= 15 is 0 Å². The summed E-state index contributed by atoms with van der Waals surface area (Å²) in [7, 11) is 1.39. The molecule has 0 saturated heterocycles. The summed E-state index contributed by atoms with van der Waals surface area (Å²) in [5.41, 5.74) is -0.282. The molecule has 6 heteroatoms. The zero-order chi connectivity index (χ0) is 14.5. The van der Waals surface area contributed by atoms with Gasteiger partial charge in [-0.05, 0) is 37.8 Å². The van der Waals surface area contributed by atoms with Crippen LogP contribution in [0.25, 0.3) is 0 Å². The second kappa shape index (κ2) is 6.36. The summed E-state index contributed by atoms with van der Waals surface area (Å²) in [6, 6.07) is 3.11. The van der Waals surface area contributed by atoms with E-state index in [4.69, 9.17) is 4.74 Å². The Balaban J connectivity index is 1.90. The molecule has 1 aliphatic carbocycles. The molecule has 2 rings (SSSR count). The van der Waals surface area contributed by atoms with E-state index in [1.807, 2.05) is 0 Å². The minimum Gasteiger partial charge on any atom is -0.469 e. The van der Waals surface area contributed by atoms with E-state index in [0.717, 1.165) is 12.8 Å². The van der Waals surface area contributed by atoms with Gasteiger partial charge in [0, 0.05) is 12.2 Å². The van der Waals surface area contributed by atoms with Crippen LogP contribution in [-0.2, 0) is 9.53 Å². The van der Waals surface area contributed by atoms with Crippen LogP contribution in [0.15, 0.2) is 23.1 Å². The first kappa shape index (κ1) is 14.3. The zero-order valence-electron chi connectivity index (χ0n) is 11.3. The molecule has 1 saturated carbocycles. The van der Waals surface area contributed by atoms with Gasteiger partial charge in [0.2, 0.25) is 0 Å². The standard InChI is InChI=1S/C14H18N2O4/c1-20-14(19)9-4-6-10(7-5-9)16-13(18)11-3-2-8-15-12(11)17/h2-3,8-10H,4-7H2,1H3,(H,15,17)(H,16,18). The molecule has 1 amide bonds. The van der Waals surface area contributed by atoms with Gasteiger partial charge in [-0.25, -0.2) is 0 Å². The molecule has 1 heterocycles. The van der Waals surface area contributed by atoms with Crippen molar-refractivity contribution in [3.63, 3.8) is 0 Å². The number of aromatic nitrogens is 1. The third-order valence-electron chi connectivity index (χ3n) is 3.66. The minimum absolute atomic E-state index is 0.00279. The number of hydrogen-bond donors (Lipinski definition) is 2. The fourth-order valence-electron chi connectivity index (χ4n) is 2.50. The lowest BCUT2D eigenvalue weighted by molar-refractivity contribution is -0.146. The maximum absolute atomic E-state index is 12.0. The van der Waals surface area contributed by atoms with Crippen molar-refractivity contribution >= 4 is 11.9 Å². The van der Waals surface area contributed by atoms with Crippen molar-refractivity contribution in [1.29, 1.82) is 0 Å². The molecule has 108 valence electrons. The third kappa shape index (κ3) is 3.26. The number of nitrogens with one attached hydrogen (secondary N) is 2. The summed E-state index contributed by atoms with van der Waals surface area (Å²) in [6.07, 6.45) is 4.32. The first-order valence-electron chi connectivity index (χ1n) is 6.68. The van der Waals surface area contributed by atoms with Gasteiger partial charge in [-0.15, -0.1) is 0 Å². The van der Waals surface area contributed by atoms with Crippen LogP contribution in [0.2, 0.25) is 0 Å². The fraction of sp³-hybridized carbons (Fsp3) is 0.500. The molecular formula is C14H18N2O4.